The maximum atomic E-state index is 12.5. The number of rotatable bonds is 53. The van der Waals surface area contributed by atoms with Gasteiger partial charge < -0.3 is 20.3 Å². The molecule has 0 bridgehead atoms. The molecule has 2 atom stereocenters. The fourth-order valence-corrected chi connectivity index (χ4v) is 8.93. The van der Waals surface area contributed by atoms with Crippen molar-refractivity contribution in [1.82, 2.24) is 5.32 Å². The average molecular weight is 891 g/mol. The third-order valence-electron chi connectivity index (χ3n) is 13.3. The molecule has 6 heteroatoms. The van der Waals surface area contributed by atoms with Gasteiger partial charge >= 0.3 is 5.97 Å². The van der Waals surface area contributed by atoms with Crippen molar-refractivity contribution in [1.29, 1.82) is 0 Å². The molecule has 3 N–H and O–H groups in total. The minimum absolute atomic E-state index is 0.0211. The smallest absolute Gasteiger partial charge is 0.305 e. The number of ether oxygens (including phenoxy) is 1. The third kappa shape index (κ3) is 49.9. The second kappa shape index (κ2) is 53.2. The number of aliphatic hydroxyl groups excluding tert-OH is 2. The van der Waals surface area contributed by atoms with Gasteiger partial charge in [-0.1, -0.05) is 264 Å². The second-order valence-electron chi connectivity index (χ2n) is 19.6. The van der Waals surface area contributed by atoms with E-state index < -0.39 is 12.1 Å². The highest BCUT2D eigenvalue weighted by Crippen LogP contribution is 2.17. The van der Waals surface area contributed by atoms with Gasteiger partial charge in [-0.15, -0.1) is 0 Å². The van der Waals surface area contributed by atoms with Crippen LogP contribution in [0, 0.1) is 0 Å². The lowest BCUT2D eigenvalue weighted by atomic mass is 10.0. The Kier molecular flexibility index (Phi) is 52.0. The lowest BCUT2D eigenvalue weighted by Gasteiger charge is -2.22. The first-order valence-electron chi connectivity index (χ1n) is 28.4. The number of allylic oxidation sites excluding steroid dienone is 2. The van der Waals surface area contributed by atoms with Crippen molar-refractivity contribution >= 4 is 11.9 Å². The average Bonchev–Trinajstić information content (AvgIpc) is 3.28. The Hall–Kier alpha value is -1.40. The molecule has 0 saturated heterocycles. The van der Waals surface area contributed by atoms with Gasteiger partial charge in [-0.2, -0.15) is 0 Å². The molecule has 0 aliphatic heterocycles. The van der Waals surface area contributed by atoms with Gasteiger partial charge in [0.15, 0.2) is 0 Å². The van der Waals surface area contributed by atoms with Crippen LogP contribution < -0.4 is 5.32 Å². The molecule has 0 aromatic rings. The standard InChI is InChI=1S/C57H111NO5/c1-3-5-7-9-11-13-15-17-19-20-21-22-23-24-25-26-29-33-37-41-45-49-55(60)54(53-59)58-56(61)50-46-42-38-34-30-28-32-36-40-44-48-52-63-57(62)51-47-43-39-35-31-27-18-16-14-12-10-8-6-4-2/h16,18,54-55,59-60H,3-15,17,19-53H2,1-2H3,(H,58,61)/b18-16-. The van der Waals surface area contributed by atoms with Crippen LogP contribution in [0.4, 0.5) is 0 Å². The number of amides is 1. The number of carbonyl (C=O) groups is 2. The van der Waals surface area contributed by atoms with Gasteiger partial charge in [0.25, 0.3) is 0 Å². The molecule has 2 unspecified atom stereocenters. The largest absolute Gasteiger partial charge is 0.466 e. The van der Waals surface area contributed by atoms with Crippen molar-refractivity contribution < 1.29 is 24.5 Å². The summed E-state index contributed by atoms with van der Waals surface area (Å²) in [4.78, 5) is 24.5. The molecular weight excluding hydrogens is 779 g/mol. The minimum Gasteiger partial charge on any atom is -0.466 e. The zero-order valence-electron chi connectivity index (χ0n) is 42.6. The Morgan fingerprint density at radius 1 is 0.429 bits per heavy atom. The summed E-state index contributed by atoms with van der Waals surface area (Å²) < 4.78 is 5.46. The summed E-state index contributed by atoms with van der Waals surface area (Å²) in [5.74, 6) is -0.0721. The molecule has 0 radical (unpaired) electrons. The molecule has 0 rings (SSSR count). The Morgan fingerprint density at radius 3 is 1.13 bits per heavy atom. The summed E-state index contributed by atoms with van der Waals surface area (Å²) in [6.07, 6.45) is 61.9. The quantitative estimate of drug-likeness (QED) is 0.0321. The van der Waals surface area contributed by atoms with E-state index in [9.17, 15) is 19.8 Å². The van der Waals surface area contributed by atoms with E-state index in [0.717, 1.165) is 57.8 Å². The molecule has 0 aromatic carbocycles. The molecule has 1 amide bonds. The van der Waals surface area contributed by atoms with E-state index >= 15 is 0 Å². The van der Waals surface area contributed by atoms with Gasteiger partial charge in [0.05, 0.1) is 25.4 Å². The summed E-state index contributed by atoms with van der Waals surface area (Å²) in [5, 5.41) is 23.3. The summed E-state index contributed by atoms with van der Waals surface area (Å²) in [6.45, 7) is 4.92. The topological polar surface area (TPSA) is 95.9 Å². The molecule has 0 aromatic heterocycles. The van der Waals surface area contributed by atoms with Crippen molar-refractivity contribution in [3.63, 3.8) is 0 Å². The van der Waals surface area contributed by atoms with Crippen LogP contribution in [0.2, 0.25) is 0 Å². The molecule has 0 aliphatic carbocycles. The lowest BCUT2D eigenvalue weighted by molar-refractivity contribution is -0.143. The van der Waals surface area contributed by atoms with Crippen LogP contribution in [0.25, 0.3) is 0 Å². The van der Waals surface area contributed by atoms with Gasteiger partial charge in [-0.3, -0.25) is 9.59 Å². The molecule has 6 nitrogen and oxygen atoms in total. The summed E-state index contributed by atoms with van der Waals surface area (Å²) in [7, 11) is 0. The summed E-state index contributed by atoms with van der Waals surface area (Å²) >= 11 is 0. The van der Waals surface area contributed by atoms with Crippen molar-refractivity contribution in [2.24, 2.45) is 0 Å². The van der Waals surface area contributed by atoms with Crippen molar-refractivity contribution in [2.45, 2.75) is 328 Å². The van der Waals surface area contributed by atoms with Gasteiger partial charge in [-0.05, 0) is 51.4 Å². The molecule has 0 spiro atoms. The van der Waals surface area contributed by atoms with Crippen molar-refractivity contribution in [2.75, 3.05) is 13.2 Å². The van der Waals surface area contributed by atoms with E-state index in [4.69, 9.17) is 4.74 Å². The predicted octanol–water partition coefficient (Wildman–Crippen LogP) is 17.3. The Morgan fingerprint density at radius 2 is 0.746 bits per heavy atom. The van der Waals surface area contributed by atoms with Gasteiger partial charge in [0, 0.05) is 12.8 Å². The second-order valence-corrected chi connectivity index (χ2v) is 19.6. The van der Waals surface area contributed by atoms with E-state index in [1.807, 2.05) is 0 Å². The SMILES string of the molecule is CCCCCCC/C=C\CCCCCCCC(=O)OCCCCCCCCCCCCCC(=O)NC(CO)C(O)CCCCCCCCCCCCCCCCCCCCCCC. The van der Waals surface area contributed by atoms with Crippen LogP contribution in [-0.2, 0) is 14.3 Å². The first-order valence-corrected chi connectivity index (χ1v) is 28.4. The van der Waals surface area contributed by atoms with Crippen LogP contribution in [0.5, 0.6) is 0 Å². The first kappa shape index (κ1) is 61.6. The number of hydrogen-bond donors (Lipinski definition) is 3. The number of hydrogen-bond acceptors (Lipinski definition) is 5. The number of nitrogens with one attached hydrogen (secondary N) is 1. The number of esters is 1. The molecule has 0 fully saturated rings. The van der Waals surface area contributed by atoms with E-state index in [1.54, 1.807) is 0 Å². The molecule has 0 heterocycles. The maximum absolute atomic E-state index is 12.5. The molecule has 374 valence electrons. The zero-order chi connectivity index (χ0) is 45.8. The molecule has 0 saturated carbocycles. The number of aliphatic hydroxyl groups is 2. The fourth-order valence-electron chi connectivity index (χ4n) is 8.93. The Labute approximate surface area is 393 Å². The normalized spacial score (nSPS) is 12.6. The highest BCUT2D eigenvalue weighted by atomic mass is 16.5. The Bertz CT molecular complexity index is 939. The van der Waals surface area contributed by atoms with Crippen molar-refractivity contribution in [3.05, 3.63) is 12.2 Å². The molecule has 63 heavy (non-hydrogen) atoms. The minimum atomic E-state index is -0.677. The lowest BCUT2D eigenvalue weighted by Crippen LogP contribution is -2.45. The van der Waals surface area contributed by atoms with Crippen LogP contribution in [0.1, 0.15) is 316 Å². The Balaban J connectivity index is 3.46. The van der Waals surface area contributed by atoms with Gasteiger partial charge in [-0.25, -0.2) is 0 Å². The first-order chi connectivity index (χ1) is 31.0. The van der Waals surface area contributed by atoms with E-state index in [2.05, 4.69) is 31.3 Å². The molecular formula is C57H111NO5. The van der Waals surface area contributed by atoms with Crippen LogP contribution in [0.15, 0.2) is 12.2 Å². The summed E-state index contributed by atoms with van der Waals surface area (Å²) in [5.41, 5.74) is 0. The van der Waals surface area contributed by atoms with E-state index in [1.165, 1.54) is 225 Å². The third-order valence-corrected chi connectivity index (χ3v) is 13.3. The van der Waals surface area contributed by atoms with E-state index in [-0.39, 0.29) is 18.5 Å². The monoisotopic (exact) mass is 890 g/mol. The van der Waals surface area contributed by atoms with Crippen LogP contribution in [0.3, 0.4) is 0 Å². The highest BCUT2D eigenvalue weighted by molar-refractivity contribution is 5.76. The summed E-state index contributed by atoms with van der Waals surface area (Å²) in [6, 6.07) is -0.556. The fraction of sp³-hybridized carbons (Fsp3) is 0.930. The number of unbranched alkanes of at least 4 members (excludes halogenated alkanes) is 40. The van der Waals surface area contributed by atoms with Crippen LogP contribution in [-0.4, -0.2) is 47.4 Å². The van der Waals surface area contributed by atoms with E-state index in [0.29, 0.717) is 25.9 Å². The van der Waals surface area contributed by atoms with Crippen molar-refractivity contribution in [3.8, 4) is 0 Å². The number of carbonyl (C=O) groups excluding carboxylic acids is 2. The highest BCUT2D eigenvalue weighted by Gasteiger charge is 2.20. The predicted molar refractivity (Wildman–Crippen MR) is 273 cm³/mol. The zero-order valence-corrected chi connectivity index (χ0v) is 42.6. The van der Waals surface area contributed by atoms with Crippen LogP contribution >= 0.6 is 0 Å². The molecule has 0 aliphatic rings. The van der Waals surface area contributed by atoms with Gasteiger partial charge in [0.1, 0.15) is 0 Å². The van der Waals surface area contributed by atoms with Gasteiger partial charge in [0.2, 0.25) is 5.91 Å². The maximum Gasteiger partial charge on any atom is 0.305 e.